The van der Waals surface area contributed by atoms with Gasteiger partial charge in [-0.05, 0) is 40.8 Å². The molecular weight excluding hydrogens is 276 g/mol. The summed E-state index contributed by atoms with van der Waals surface area (Å²) in [7, 11) is 0. The largest absolute Gasteiger partial charge is 0.382 e. The zero-order chi connectivity index (χ0) is 14.9. The summed E-state index contributed by atoms with van der Waals surface area (Å²) in [5, 5.41) is 5.03. The fourth-order valence-corrected chi connectivity index (χ4v) is 2.87. The van der Waals surface area contributed by atoms with Gasteiger partial charge in [-0.2, -0.15) is 0 Å². The van der Waals surface area contributed by atoms with Crippen molar-refractivity contribution in [2.75, 3.05) is 18.5 Å². The summed E-state index contributed by atoms with van der Waals surface area (Å²) in [5.74, 6) is 0. The molecule has 3 aromatic rings. The van der Waals surface area contributed by atoms with Crippen molar-refractivity contribution in [2.24, 2.45) is 0 Å². The van der Waals surface area contributed by atoms with Gasteiger partial charge in [0, 0.05) is 29.4 Å². The maximum absolute atomic E-state index is 12.0. The third-order valence-corrected chi connectivity index (χ3v) is 4.03. The lowest BCUT2D eigenvalue weighted by Crippen LogP contribution is -2.04. The number of rotatable bonds is 1. The summed E-state index contributed by atoms with van der Waals surface area (Å²) in [4.78, 5) is 14.7. The molecule has 0 spiro atoms. The van der Waals surface area contributed by atoms with Gasteiger partial charge in [-0.1, -0.05) is 18.2 Å². The Bertz CT molecular complexity index is 899. The molecule has 110 valence electrons. The van der Waals surface area contributed by atoms with Crippen LogP contribution in [-0.2, 0) is 11.3 Å². The van der Waals surface area contributed by atoms with Gasteiger partial charge >= 0.3 is 0 Å². The number of H-pyrrole nitrogens is 1. The smallest absolute Gasteiger partial charge is 0.255 e. The van der Waals surface area contributed by atoms with Gasteiger partial charge in [0.1, 0.15) is 0 Å². The van der Waals surface area contributed by atoms with Crippen molar-refractivity contribution in [1.29, 1.82) is 0 Å². The summed E-state index contributed by atoms with van der Waals surface area (Å²) in [5.41, 5.74) is 4.35. The molecule has 4 rings (SSSR count). The molecule has 0 unspecified atom stereocenters. The lowest BCUT2D eigenvalue weighted by atomic mass is 9.99. The lowest BCUT2D eigenvalue weighted by Gasteiger charge is -2.10. The number of anilines is 1. The standard InChI is InChI=1S/C18H16N2O2/c21-18-16-10-14(2-1-12(16)5-6-20-18)13-3-4-17-15(9-13)11-22-8-7-19-17/h1-6,9-10,19H,7-8,11H2,(H,20,21). The Hall–Kier alpha value is -2.59. The van der Waals surface area contributed by atoms with Crippen LogP contribution >= 0.6 is 0 Å². The second kappa shape index (κ2) is 5.31. The number of pyridine rings is 1. The van der Waals surface area contributed by atoms with Crippen molar-refractivity contribution in [3.63, 3.8) is 0 Å². The third kappa shape index (κ3) is 2.27. The van der Waals surface area contributed by atoms with Crippen LogP contribution in [0, 0.1) is 0 Å². The Morgan fingerprint density at radius 2 is 1.86 bits per heavy atom. The van der Waals surface area contributed by atoms with Crippen molar-refractivity contribution in [2.45, 2.75) is 6.61 Å². The molecule has 0 saturated heterocycles. The van der Waals surface area contributed by atoms with Crippen LogP contribution in [0.4, 0.5) is 5.69 Å². The fraction of sp³-hybridized carbons (Fsp3) is 0.167. The normalized spacial score (nSPS) is 14.2. The zero-order valence-corrected chi connectivity index (χ0v) is 12.1. The van der Waals surface area contributed by atoms with E-state index in [1.807, 2.05) is 18.2 Å². The minimum Gasteiger partial charge on any atom is -0.382 e. The number of ether oxygens (including phenoxy) is 1. The average molecular weight is 292 g/mol. The van der Waals surface area contributed by atoms with Gasteiger partial charge in [-0.3, -0.25) is 4.79 Å². The third-order valence-electron chi connectivity index (χ3n) is 4.03. The van der Waals surface area contributed by atoms with Crippen molar-refractivity contribution in [3.8, 4) is 11.1 Å². The van der Waals surface area contributed by atoms with Crippen LogP contribution in [0.2, 0.25) is 0 Å². The molecule has 2 N–H and O–H groups in total. The minimum absolute atomic E-state index is 0.0564. The SMILES string of the molecule is O=c1[nH]ccc2ccc(-c3ccc4c(c3)COCCN4)cc12. The average Bonchev–Trinajstić information content (AvgIpc) is 2.79. The maximum atomic E-state index is 12.0. The Kier molecular flexibility index (Phi) is 3.16. The molecule has 0 bridgehead atoms. The van der Waals surface area contributed by atoms with E-state index in [-0.39, 0.29) is 5.56 Å². The molecule has 0 radical (unpaired) electrons. The molecule has 0 amide bonds. The van der Waals surface area contributed by atoms with Crippen molar-refractivity contribution >= 4 is 16.5 Å². The monoisotopic (exact) mass is 292 g/mol. The maximum Gasteiger partial charge on any atom is 0.255 e. The molecule has 22 heavy (non-hydrogen) atoms. The summed E-state index contributed by atoms with van der Waals surface area (Å²) < 4.78 is 5.58. The molecule has 2 aromatic carbocycles. The molecule has 0 atom stereocenters. The minimum atomic E-state index is -0.0564. The predicted octanol–water partition coefficient (Wildman–Crippen LogP) is 3.14. The number of aromatic nitrogens is 1. The van der Waals surface area contributed by atoms with E-state index < -0.39 is 0 Å². The molecule has 1 aliphatic heterocycles. The number of nitrogens with one attached hydrogen (secondary N) is 2. The fourth-order valence-electron chi connectivity index (χ4n) is 2.87. The molecular formula is C18H16N2O2. The molecule has 0 fully saturated rings. The van der Waals surface area contributed by atoms with Crippen LogP contribution < -0.4 is 10.9 Å². The van der Waals surface area contributed by atoms with Gasteiger partial charge in [0.2, 0.25) is 0 Å². The summed E-state index contributed by atoms with van der Waals surface area (Å²) in [6.45, 7) is 2.16. The van der Waals surface area contributed by atoms with E-state index in [4.69, 9.17) is 4.74 Å². The second-order valence-corrected chi connectivity index (χ2v) is 5.46. The highest BCUT2D eigenvalue weighted by Crippen LogP contribution is 2.28. The molecule has 1 aliphatic rings. The van der Waals surface area contributed by atoms with E-state index >= 15 is 0 Å². The van der Waals surface area contributed by atoms with E-state index in [9.17, 15) is 4.79 Å². The number of fused-ring (bicyclic) bond motifs is 2. The Morgan fingerprint density at radius 1 is 1.00 bits per heavy atom. The van der Waals surface area contributed by atoms with Crippen LogP contribution in [0.1, 0.15) is 5.56 Å². The molecule has 0 saturated carbocycles. The molecule has 1 aromatic heterocycles. The second-order valence-electron chi connectivity index (χ2n) is 5.46. The number of benzene rings is 2. The first-order valence-corrected chi connectivity index (χ1v) is 7.38. The first kappa shape index (κ1) is 13.1. The number of aromatic amines is 1. The highest BCUT2D eigenvalue weighted by atomic mass is 16.5. The summed E-state index contributed by atoms with van der Waals surface area (Å²) >= 11 is 0. The molecule has 4 nitrogen and oxygen atoms in total. The Labute approximate surface area is 127 Å². The first-order valence-electron chi connectivity index (χ1n) is 7.38. The van der Waals surface area contributed by atoms with Gasteiger partial charge < -0.3 is 15.0 Å². The van der Waals surface area contributed by atoms with E-state index in [2.05, 4.69) is 34.6 Å². The van der Waals surface area contributed by atoms with Gasteiger partial charge in [0.25, 0.3) is 5.56 Å². The Morgan fingerprint density at radius 3 is 2.82 bits per heavy atom. The van der Waals surface area contributed by atoms with Crippen molar-refractivity contribution < 1.29 is 4.74 Å². The summed E-state index contributed by atoms with van der Waals surface area (Å²) in [6, 6.07) is 14.2. The van der Waals surface area contributed by atoms with Gasteiger partial charge in [0.15, 0.2) is 0 Å². The van der Waals surface area contributed by atoms with Crippen LogP contribution in [0.3, 0.4) is 0 Å². The molecule has 4 heteroatoms. The van der Waals surface area contributed by atoms with Gasteiger partial charge in [-0.15, -0.1) is 0 Å². The first-order chi connectivity index (χ1) is 10.8. The topological polar surface area (TPSA) is 54.1 Å². The van der Waals surface area contributed by atoms with Crippen LogP contribution in [0.25, 0.3) is 21.9 Å². The van der Waals surface area contributed by atoms with E-state index in [0.717, 1.165) is 40.9 Å². The number of hydrogen-bond acceptors (Lipinski definition) is 3. The molecule has 0 aliphatic carbocycles. The van der Waals surface area contributed by atoms with E-state index in [1.165, 1.54) is 0 Å². The van der Waals surface area contributed by atoms with E-state index in [1.54, 1.807) is 6.20 Å². The van der Waals surface area contributed by atoms with Crippen LogP contribution in [0.15, 0.2) is 53.5 Å². The Balaban J connectivity index is 1.83. The van der Waals surface area contributed by atoms with Gasteiger partial charge in [0.05, 0.1) is 13.2 Å². The highest BCUT2D eigenvalue weighted by Gasteiger charge is 2.09. The van der Waals surface area contributed by atoms with Crippen LogP contribution in [0.5, 0.6) is 0 Å². The predicted molar refractivity (Wildman–Crippen MR) is 88.2 cm³/mol. The van der Waals surface area contributed by atoms with Crippen molar-refractivity contribution in [3.05, 3.63) is 64.6 Å². The van der Waals surface area contributed by atoms with Crippen molar-refractivity contribution in [1.82, 2.24) is 4.98 Å². The summed E-state index contributed by atoms with van der Waals surface area (Å²) in [6.07, 6.45) is 1.68. The quantitative estimate of drug-likeness (QED) is 0.724. The lowest BCUT2D eigenvalue weighted by molar-refractivity contribution is 0.135. The number of hydrogen-bond donors (Lipinski definition) is 2. The molecule has 2 heterocycles. The van der Waals surface area contributed by atoms with Crippen LogP contribution in [-0.4, -0.2) is 18.1 Å². The van der Waals surface area contributed by atoms with Gasteiger partial charge in [-0.25, -0.2) is 0 Å². The highest BCUT2D eigenvalue weighted by molar-refractivity contribution is 5.86. The zero-order valence-electron chi connectivity index (χ0n) is 12.1. The van der Waals surface area contributed by atoms with E-state index in [0.29, 0.717) is 12.0 Å².